The van der Waals surface area contributed by atoms with E-state index >= 15 is 0 Å². The first-order valence-corrected chi connectivity index (χ1v) is 4.95. The second-order valence-electron chi connectivity index (χ2n) is 3.26. The minimum atomic E-state index is -0.469. The lowest BCUT2D eigenvalue weighted by Gasteiger charge is -2.06. The van der Waals surface area contributed by atoms with Gasteiger partial charge in [0.15, 0.2) is 0 Å². The molecule has 0 saturated heterocycles. The number of hydrogen-bond donors (Lipinski definition) is 2. The zero-order chi connectivity index (χ0) is 11.5. The summed E-state index contributed by atoms with van der Waals surface area (Å²) in [4.78, 5) is 3.91. The van der Waals surface area contributed by atoms with Crippen molar-refractivity contribution in [3.8, 4) is 0 Å². The van der Waals surface area contributed by atoms with Crippen molar-refractivity contribution in [1.82, 2.24) is 4.98 Å². The van der Waals surface area contributed by atoms with Crippen LogP contribution in [-0.4, -0.2) is 4.98 Å². The fourth-order valence-corrected chi connectivity index (χ4v) is 1.38. The van der Waals surface area contributed by atoms with Crippen LogP contribution in [-0.2, 0) is 0 Å². The first-order chi connectivity index (χ1) is 7.65. The Kier molecular flexibility index (Phi) is 2.92. The van der Waals surface area contributed by atoms with Crippen molar-refractivity contribution >= 4 is 28.7 Å². The molecule has 5 heteroatoms. The Labute approximate surface area is 97.1 Å². The van der Waals surface area contributed by atoms with Gasteiger partial charge in [-0.2, -0.15) is 0 Å². The molecule has 0 amide bonds. The fourth-order valence-electron chi connectivity index (χ4n) is 1.27. The minimum absolute atomic E-state index is 0.0938. The van der Waals surface area contributed by atoms with E-state index in [1.807, 2.05) is 0 Å². The molecule has 0 atom stereocenters. The van der Waals surface area contributed by atoms with Crippen LogP contribution in [0, 0.1) is 5.82 Å². The average molecular weight is 238 g/mol. The first-order valence-electron chi connectivity index (χ1n) is 4.58. The molecule has 3 nitrogen and oxygen atoms in total. The number of halogens is 2. The Morgan fingerprint density at radius 2 is 2.00 bits per heavy atom. The van der Waals surface area contributed by atoms with Gasteiger partial charge < -0.3 is 11.1 Å². The van der Waals surface area contributed by atoms with E-state index in [2.05, 4.69) is 10.3 Å². The molecule has 1 heterocycles. The number of hydrogen-bond acceptors (Lipinski definition) is 3. The Bertz CT molecular complexity index is 516. The van der Waals surface area contributed by atoms with Gasteiger partial charge in [-0.05, 0) is 24.3 Å². The maximum atomic E-state index is 13.1. The summed E-state index contributed by atoms with van der Waals surface area (Å²) >= 11 is 5.57. The highest BCUT2D eigenvalue weighted by Gasteiger charge is 2.01. The molecule has 0 bridgehead atoms. The SMILES string of the molecule is Nc1cncc(Nc2ccc(Cl)c(F)c2)c1. The summed E-state index contributed by atoms with van der Waals surface area (Å²) in [5.41, 5.74) is 7.40. The highest BCUT2D eigenvalue weighted by molar-refractivity contribution is 6.30. The van der Waals surface area contributed by atoms with Gasteiger partial charge in [0.2, 0.25) is 0 Å². The smallest absolute Gasteiger partial charge is 0.143 e. The third kappa shape index (κ3) is 2.41. The molecule has 0 saturated carbocycles. The fraction of sp³-hybridized carbons (Fsp3) is 0. The second kappa shape index (κ2) is 4.37. The van der Waals surface area contributed by atoms with E-state index in [4.69, 9.17) is 17.3 Å². The summed E-state index contributed by atoms with van der Waals surface area (Å²) in [6.07, 6.45) is 3.14. The summed E-state index contributed by atoms with van der Waals surface area (Å²) in [5, 5.41) is 3.07. The topological polar surface area (TPSA) is 50.9 Å². The Morgan fingerprint density at radius 3 is 2.69 bits per heavy atom. The molecular formula is C11H9ClFN3. The number of rotatable bonds is 2. The number of pyridine rings is 1. The van der Waals surface area contributed by atoms with Crippen molar-refractivity contribution in [2.75, 3.05) is 11.1 Å². The van der Waals surface area contributed by atoms with Crippen LogP contribution in [0.5, 0.6) is 0 Å². The van der Waals surface area contributed by atoms with Gasteiger partial charge in [-0.1, -0.05) is 11.6 Å². The third-order valence-electron chi connectivity index (χ3n) is 1.97. The average Bonchev–Trinajstić information content (AvgIpc) is 2.24. The van der Waals surface area contributed by atoms with Crippen LogP contribution in [0.2, 0.25) is 5.02 Å². The summed E-state index contributed by atoms with van der Waals surface area (Å²) in [5.74, 6) is -0.469. The maximum absolute atomic E-state index is 13.1. The number of nitrogen functional groups attached to an aromatic ring is 1. The zero-order valence-corrected chi connectivity index (χ0v) is 9.00. The molecule has 3 N–H and O–H groups in total. The molecule has 0 aliphatic rings. The Hall–Kier alpha value is -1.81. The quantitative estimate of drug-likeness (QED) is 0.843. The molecule has 0 unspecified atom stereocenters. The van der Waals surface area contributed by atoms with Crippen molar-refractivity contribution in [2.24, 2.45) is 0 Å². The molecule has 0 radical (unpaired) electrons. The van der Waals surface area contributed by atoms with Crippen molar-refractivity contribution in [2.45, 2.75) is 0 Å². The Balaban J connectivity index is 2.24. The lowest BCUT2D eigenvalue weighted by molar-refractivity contribution is 0.629. The molecule has 0 aliphatic carbocycles. The van der Waals surface area contributed by atoms with E-state index < -0.39 is 5.82 Å². The number of nitrogens with one attached hydrogen (secondary N) is 1. The van der Waals surface area contributed by atoms with Crippen LogP contribution in [0.15, 0.2) is 36.7 Å². The van der Waals surface area contributed by atoms with E-state index in [1.165, 1.54) is 18.3 Å². The van der Waals surface area contributed by atoms with Crippen LogP contribution < -0.4 is 11.1 Å². The van der Waals surface area contributed by atoms with Gasteiger partial charge in [0, 0.05) is 11.9 Å². The molecule has 82 valence electrons. The van der Waals surface area contributed by atoms with E-state index in [9.17, 15) is 4.39 Å². The molecule has 16 heavy (non-hydrogen) atoms. The predicted molar refractivity (Wildman–Crippen MR) is 63.3 cm³/mol. The van der Waals surface area contributed by atoms with Crippen LogP contribution >= 0.6 is 11.6 Å². The molecule has 1 aromatic carbocycles. The number of aromatic nitrogens is 1. The molecule has 0 fully saturated rings. The normalized spacial score (nSPS) is 10.1. The van der Waals surface area contributed by atoms with E-state index in [0.29, 0.717) is 17.1 Å². The van der Waals surface area contributed by atoms with Gasteiger partial charge in [0.1, 0.15) is 5.82 Å². The van der Waals surface area contributed by atoms with Crippen LogP contribution in [0.3, 0.4) is 0 Å². The highest BCUT2D eigenvalue weighted by Crippen LogP contribution is 2.22. The van der Waals surface area contributed by atoms with Gasteiger partial charge in [0.05, 0.1) is 22.6 Å². The standard InChI is InChI=1S/C11H9ClFN3/c12-10-2-1-8(4-11(10)13)16-9-3-7(14)5-15-6-9/h1-6,16H,14H2. The monoisotopic (exact) mass is 237 g/mol. The second-order valence-corrected chi connectivity index (χ2v) is 3.67. The van der Waals surface area contributed by atoms with Gasteiger partial charge >= 0.3 is 0 Å². The summed E-state index contributed by atoms with van der Waals surface area (Å²) in [7, 11) is 0. The number of nitrogens with two attached hydrogens (primary N) is 1. The summed E-state index contributed by atoms with van der Waals surface area (Å²) < 4.78 is 13.1. The van der Waals surface area contributed by atoms with Gasteiger partial charge in [-0.3, -0.25) is 4.98 Å². The summed E-state index contributed by atoms with van der Waals surface area (Å²) in [6.45, 7) is 0. The van der Waals surface area contributed by atoms with E-state index in [1.54, 1.807) is 18.3 Å². The largest absolute Gasteiger partial charge is 0.397 e. The van der Waals surface area contributed by atoms with Crippen molar-refractivity contribution in [3.63, 3.8) is 0 Å². The van der Waals surface area contributed by atoms with Gasteiger partial charge in [0.25, 0.3) is 0 Å². The third-order valence-corrected chi connectivity index (χ3v) is 2.27. The molecule has 2 rings (SSSR count). The van der Waals surface area contributed by atoms with E-state index in [0.717, 1.165) is 0 Å². The molecule has 2 aromatic rings. The lowest BCUT2D eigenvalue weighted by Crippen LogP contribution is -1.94. The van der Waals surface area contributed by atoms with Gasteiger partial charge in [-0.15, -0.1) is 0 Å². The zero-order valence-electron chi connectivity index (χ0n) is 8.24. The first kappa shape index (κ1) is 10.7. The van der Waals surface area contributed by atoms with Crippen LogP contribution in [0.4, 0.5) is 21.5 Å². The predicted octanol–water partition coefficient (Wildman–Crippen LogP) is 3.20. The minimum Gasteiger partial charge on any atom is -0.397 e. The van der Waals surface area contributed by atoms with E-state index in [-0.39, 0.29) is 5.02 Å². The van der Waals surface area contributed by atoms with Crippen LogP contribution in [0.1, 0.15) is 0 Å². The maximum Gasteiger partial charge on any atom is 0.143 e. The molecular weight excluding hydrogens is 229 g/mol. The molecule has 0 spiro atoms. The van der Waals surface area contributed by atoms with Gasteiger partial charge in [-0.25, -0.2) is 4.39 Å². The number of nitrogens with zero attached hydrogens (tertiary/aromatic N) is 1. The van der Waals surface area contributed by atoms with Crippen molar-refractivity contribution in [1.29, 1.82) is 0 Å². The van der Waals surface area contributed by atoms with Crippen molar-refractivity contribution in [3.05, 3.63) is 47.5 Å². The number of anilines is 3. The van der Waals surface area contributed by atoms with Crippen LogP contribution in [0.25, 0.3) is 0 Å². The number of benzene rings is 1. The summed E-state index contributed by atoms with van der Waals surface area (Å²) in [6, 6.07) is 6.18. The molecule has 0 aliphatic heterocycles. The molecule has 1 aromatic heterocycles. The highest BCUT2D eigenvalue weighted by atomic mass is 35.5. The lowest BCUT2D eigenvalue weighted by atomic mass is 10.3. The Morgan fingerprint density at radius 1 is 1.19 bits per heavy atom. The van der Waals surface area contributed by atoms with Crippen molar-refractivity contribution < 1.29 is 4.39 Å².